The van der Waals surface area contributed by atoms with Gasteiger partial charge in [0.25, 0.3) is 0 Å². The van der Waals surface area contributed by atoms with Gasteiger partial charge in [-0.05, 0) is 40.9 Å². The molecule has 0 bridgehead atoms. The third-order valence-corrected chi connectivity index (χ3v) is 5.03. The van der Waals surface area contributed by atoms with Gasteiger partial charge in [0.2, 0.25) is 0 Å². The Hall–Kier alpha value is -0.870. The maximum atomic E-state index is 4.67. The molecule has 1 atom stereocenters. The zero-order chi connectivity index (χ0) is 14.6. The average Bonchev–Trinajstić information content (AvgIpc) is 2.76. The number of hydrogen-bond acceptors (Lipinski definition) is 3. The van der Waals surface area contributed by atoms with Crippen LogP contribution in [0, 0.1) is 0 Å². The van der Waals surface area contributed by atoms with E-state index < -0.39 is 0 Å². The molecule has 1 aromatic rings. The van der Waals surface area contributed by atoms with E-state index in [0.29, 0.717) is 6.04 Å². The molecule has 0 saturated heterocycles. The standard InChI is InChI=1S/C16H30N4/c1-5-20-13-12-18-15(20)14(17-2)16(19(3)4)10-8-6-7-9-11-16/h12-14,17H,5-11H2,1-4H3. The van der Waals surface area contributed by atoms with Crippen LogP contribution < -0.4 is 5.32 Å². The predicted molar refractivity (Wildman–Crippen MR) is 83.8 cm³/mol. The third kappa shape index (κ3) is 2.77. The molecule has 1 aromatic heterocycles. The first-order valence-corrected chi connectivity index (χ1v) is 8.01. The number of hydrogen-bond donors (Lipinski definition) is 1. The van der Waals surface area contributed by atoms with Crippen LogP contribution in [0.25, 0.3) is 0 Å². The molecule has 4 heteroatoms. The molecule has 1 unspecified atom stereocenters. The van der Waals surface area contributed by atoms with Gasteiger partial charge in [0.15, 0.2) is 0 Å². The van der Waals surface area contributed by atoms with Gasteiger partial charge in [0, 0.05) is 24.5 Å². The summed E-state index contributed by atoms with van der Waals surface area (Å²) < 4.78 is 2.28. The molecule has 0 aliphatic heterocycles. The Morgan fingerprint density at radius 1 is 1.30 bits per heavy atom. The van der Waals surface area contributed by atoms with Crippen LogP contribution >= 0.6 is 0 Å². The van der Waals surface area contributed by atoms with E-state index >= 15 is 0 Å². The molecule has 1 saturated carbocycles. The van der Waals surface area contributed by atoms with Crippen LogP contribution in [-0.2, 0) is 6.54 Å². The molecule has 1 aliphatic rings. The molecule has 1 N–H and O–H groups in total. The number of imidazole rings is 1. The summed E-state index contributed by atoms with van der Waals surface area (Å²) in [6, 6.07) is 0.297. The van der Waals surface area contributed by atoms with Crippen LogP contribution in [-0.4, -0.2) is 41.1 Å². The lowest BCUT2D eigenvalue weighted by Crippen LogP contribution is -2.53. The molecule has 20 heavy (non-hydrogen) atoms. The van der Waals surface area contributed by atoms with Gasteiger partial charge in [-0.25, -0.2) is 4.98 Å². The van der Waals surface area contributed by atoms with Crippen LogP contribution in [0.15, 0.2) is 12.4 Å². The molecule has 0 aromatic carbocycles. The highest BCUT2D eigenvalue weighted by molar-refractivity contribution is 5.11. The summed E-state index contributed by atoms with van der Waals surface area (Å²) in [5.74, 6) is 1.19. The minimum absolute atomic E-state index is 0.184. The normalized spacial score (nSPS) is 20.9. The second kappa shape index (κ2) is 6.72. The lowest BCUT2D eigenvalue weighted by Gasteiger charge is -2.45. The Labute approximate surface area is 123 Å². The van der Waals surface area contributed by atoms with Crippen LogP contribution in [0.4, 0.5) is 0 Å². The largest absolute Gasteiger partial charge is 0.334 e. The fourth-order valence-electron chi connectivity index (χ4n) is 3.82. The Morgan fingerprint density at radius 3 is 2.45 bits per heavy atom. The number of nitrogens with zero attached hydrogens (tertiary/aromatic N) is 3. The summed E-state index contributed by atoms with van der Waals surface area (Å²) >= 11 is 0. The summed E-state index contributed by atoms with van der Waals surface area (Å²) in [5, 5.41) is 3.57. The SMILES string of the molecule is CCn1ccnc1C(NC)C1(N(C)C)CCCCCC1. The van der Waals surface area contributed by atoms with Crippen molar-refractivity contribution in [3.63, 3.8) is 0 Å². The topological polar surface area (TPSA) is 33.1 Å². The summed E-state index contributed by atoms with van der Waals surface area (Å²) in [6.07, 6.45) is 11.9. The molecule has 4 nitrogen and oxygen atoms in total. The van der Waals surface area contributed by atoms with Gasteiger partial charge >= 0.3 is 0 Å². The first-order chi connectivity index (χ1) is 9.65. The minimum atomic E-state index is 0.184. The van der Waals surface area contributed by atoms with E-state index in [1.165, 1.54) is 44.3 Å². The Bertz CT molecular complexity index is 402. The lowest BCUT2D eigenvalue weighted by molar-refractivity contribution is 0.0782. The summed E-state index contributed by atoms with van der Waals surface area (Å²) in [5.41, 5.74) is 0.184. The van der Waals surface area contributed by atoms with Crippen molar-refractivity contribution < 1.29 is 0 Å². The number of aromatic nitrogens is 2. The fraction of sp³-hybridized carbons (Fsp3) is 0.812. The van der Waals surface area contributed by atoms with Gasteiger partial charge in [-0.1, -0.05) is 25.7 Å². The zero-order valence-electron chi connectivity index (χ0n) is 13.5. The van der Waals surface area contributed by atoms with Crippen molar-refractivity contribution in [1.82, 2.24) is 19.8 Å². The van der Waals surface area contributed by atoms with Gasteiger partial charge < -0.3 is 14.8 Å². The van der Waals surface area contributed by atoms with Crippen molar-refractivity contribution in [3.8, 4) is 0 Å². The van der Waals surface area contributed by atoms with Crippen molar-refractivity contribution in [3.05, 3.63) is 18.2 Å². The number of likely N-dealkylation sites (N-methyl/N-ethyl adjacent to an activating group) is 2. The van der Waals surface area contributed by atoms with Crippen LogP contribution in [0.1, 0.15) is 57.3 Å². The second-order valence-electron chi connectivity index (χ2n) is 6.21. The van der Waals surface area contributed by atoms with E-state index in [1.807, 2.05) is 6.20 Å². The van der Waals surface area contributed by atoms with E-state index in [4.69, 9.17) is 0 Å². The lowest BCUT2D eigenvalue weighted by atomic mass is 9.80. The fourth-order valence-corrected chi connectivity index (χ4v) is 3.82. The van der Waals surface area contributed by atoms with Crippen molar-refractivity contribution in [2.75, 3.05) is 21.1 Å². The highest BCUT2D eigenvalue weighted by atomic mass is 15.2. The Morgan fingerprint density at radius 2 is 1.95 bits per heavy atom. The quantitative estimate of drug-likeness (QED) is 0.841. The van der Waals surface area contributed by atoms with Crippen molar-refractivity contribution in [2.24, 2.45) is 0 Å². The smallest absolute Gasteiger partial charge is 0.127 e. The molecule has 0 radical (unpaired) electrons. The first-order valence-electron chi connectivity index (χ1n) is 8.01. The van der Waals surface area contributed by atoms with Crippen LogP contribution in [0.3, 0.4) is 0 Å². The molecular formula is C16H30N4. The van der Waals surface area contributed by atoms with Crippen molar-refractivity contribution >= 4 is 0 Å². The van der Waals surface area contributed by atoms with Crippen molar-refractivity contribution in [1.29, 1.82) is 0 Å². The van der Waals surface area contributed by atoms with Gasteiger partial charge in [-0.3, -0.25) is 0 Å². The molecule has 1 heterocycles. The highest BCUT2D eigenvalue weighted by Crippen LogP contribution is 2.40. The van der Waals surface area contributed by atoms with Crippen LogP contribution in [0.5, 0.6) is 0 Å². The predicted octanol–water partition coefficient (Wildman–Crippen LogP) is 2.82. The van der Waals surface area contributed by atoms with Gasteiger partial charge in [0.1, 0.15) is 5.82 Å². The zero-order valence-corrected chi connectivity index (χ0v) is 13.5. The summed E-state index contributed by atoms with van der Waals surface area (Å²) in [6.45, 7) is 3.17. The molecule has 2 rings (SSSR count). The second-order valence-corrected chi connectivity index (χ2v) is 6.21. The van der Waals surface area contributed by atoms with Crippen LogP contribution in [0.2, 0.25) is 0 Å². The van der Waals surface area contributed by atoms with E-state index in [-0.39, 0.29) is 5.54 Å². The van der Waals surface area contributed by atoms with Gasteiger partial charge in [-0.15, -0.1) is 0 Å². The highest BCUT2D eigenvalue weighted by Gasteiger charge is 2.42. The molecule has 1 aliphatic carbocycles. The maximum absolute atomic E-state index is 4.67. The van der Waals surface area contributed by atoms with Gasteiger partial charge in [-0.2, -0.15) is 0 Å². The van der Waals surface area contributed by atoms with E-state index in [0.717, 1.165) is 6.54 Å². The molecule has 114 valence electrons. The van der Waals surface area contributed by atoms with E-state index in [1.54, 1.807) is 0 Å². The first kappa shape index (κ1) is 15.5. The molecular weight excluding hydrogens is 248 g/mol. The molecule has 0 spiro atoms. The number of nitrogens with one attached hydrogen (secondary N) is 1. The Balaban J connectivity index is 2.39. The maximum Gasteiger partial charge on any atom is 0.127 e. The monoisotopic (exact) mass is 278 g/mol. The van der Waals surface area contributed by atoms with Gasteiger partial charge in [0.05, 0.1) is 6.04 Å². The summed E-state index contributed by atoms with van der Waals surface area (Å²) in [7, 11) is 6.54. The minimum Gasteiger partial charge on any atom is -0.334 e. The molecule has 1 fully saturated rings. The molecule has 0 amide bonds. The van der Waals surface area contributed by atoms with Crippen molar-refractivity contribution in [2.45, 2.75) is 63.6 Å². The third-order valence-electron chi connectivity index (χ3n) is 5.03. The Kier molecular flexibility index (Phi) is 5.22. The number of rotatable bonds is 5. The number of aryl methyl sites for hydroxylation is 1. The van der Waals surface area contributed by atoms with E-state index in [9.17, 15) is 0 Å². The summed E-state index contributed by atoms with van der Waals surface area (Å²) in [4.78, 5) is 7.10. The van der Waals surface area contributed by atoms with E-state index in [2.05, 4.69) is 54.0 Å². The average molecular weight is 278 g/mol.